The van der Waals surface area contributed by atoms with Gasteiger partial charge in [0.15, 0.2) is 5.17 Å². The van der Waals surface area contributed by atoms with Crippen LogP contribution < -0.4 is 0 Å². The smallest absolute Gasteiger partial charge is 0.294 e. The Labute approximate surface area is 151 Å². The highest BCUT2D eigenvalue weighted by Gasteiger charge is 2.34. The van der Waals surface area contributed by atoms with E-state index in [0.29, 0.717) is 21.5 Å². The van der Waals surface area contributed by atoms with Gasteiger partial charge in [0.1, 0.15) is 9.97 Å². The molecule has 1 fully saturated rings. The first kappa shape index (κ1) is 17.3. The molecule has 0 atom stereocenters. The number of sulfonamides is 1. The second-order valence-corrected chi connectivity index (χ2v) is 9.14. The number of carbonyl (C=O) groups is 1. The summed E-state index contributed by atoms with van der Waals surface area (Å²) in [6.45, 7) is 2.05. The summed E-state index contributed by atoms with van der Waals surface area (Å²) in [4.78, 5) is 14.1. The quantitative estimate of drug-likeness (QED) is 0.729. The van der Waals surface area contributed by atoms with Crippen LogP contribution in [-0.2, 0) is 14.8 Å². The molecule has 0 bridgehead atoms. The Morgan fingerprint density at radius 1 is 1.38 bits per heavy atom. The second kappa shape index (κ2) is 6.75. The Morgan fingerprint density at radius 3 is 2.75 bits per heavy atom. The van der Waals surface area contributed by atoms with E-state index in [2.05, 4.69) is 4.40 Å². The Balaban J connectivity index is 1.96. The first-order valence-electron chi connectivity index (χ1n) is 6.76. The fourth-order valence-electron chi connectivity index (χ4n) is 1.94. The first-order chi connectivity index (χ1) is 11.4. The standard InChI is InChI=1S/C14H11ClN2O4S3/c1-2-17-13(18)10(8-9-4-3-7-21-9)22-14(17)16-24(19,20)12-6-5-11(15)23-12/h3-8H,2H2,1H3/b10-8-,16-14+. The average Bonchev–Trinajstić information content (AvgIpc) is 3.23. The number of furan rings is 1. The molecule has 2 aromatic heterocycles. The Bertz CT molecular complexity index is 929. The van der Waals surface area contributed by atoms with E-state index in [0.717, 1.165) is 23.1 Å². The molecule has 24 heavy (non-hydrogen) atoms. The molecule has 126 valence electrons. The van der Waals surface area contributed by atoms with Crippen molar-refractivity contribution in [3.8, 4) is 0 Å². The molecule has 0 unspecified atom stereocenters. The van der Waals surface area contributed by atoms with Crippen molar-refractivity contribution in [2.75, 3.05) is 6.54 Å². The van der Waals surface area contributed by atoms with Crippen molar-refractivity contribution in [2.45, 2.75) is 11.1 Å². The number of halogens is 1. The van der Waals surface area contributed by atoms with Gasteiger partial charge < -0.3 is 4.42 Å². The van der Waals surface area contributed by atoms with E-state index in [4.69, 9.17) is 16.0 Å². The summed E-state index contributed by atoms with van der Waals surface area (Å²) >= 11 is 7.70. The maximum atomic E-state index is 12.4. The summed E-state index contributed by atoms with van der Waals surface area (Å²) in [5.41, 5.74) is 0. The van der Waals surface area contributed by atoms with Crippen molar-refractivity contribution in [2.24, 2.45) is 4.40 Å². The molecule has 0 spiro atoms. The van der Waals surface area contributed by atoms with Gasteiger partial charge in [-0.1, -0.05) is 11.6 Å². The van der Waals surface area contributed by atoms with E-state index >= 15 is 0 Å². The third kappa shape index (κ3) is 3.44. The lowest BCUT2D eigenvalue weighted by atomic mass is 10.3. The summed E-state index contributed by atoms with van der Waals surface area (Å²) in [5, 5.41) is 0.116. The molecule has 1 aliphatic heterocycles. The molecule has 0 aromatic carbocycles. The van der Waals surface area contributed by atoms with Crippen LogP contribution in [0.25, 0.3) is 6.08 Å². The van der Waals surface area contributed by atoms with Gasteiger partial charge in [-0.05, 0) is 43.0 Å². The molecule has 2 aromatic rings. The first-order valence-corrected chi connectivity index (χ1v) is 10.2. The minimum Gasteiger partial charge on any atom is -0.465 e. The fourth-order valence-corrected chi connectivity index (χ4v) is 5.63. The maximum absolute atomic E-state index is 12.4. The summed E-state index contributed by atoms with van der Waals surface area (Å²) in [7, 11) is -3.92. The molecule has 1 aliphatic rings. The zero-order valence-electron chi connectivity index (χ0n) is 12.3. The van der Waals surface area contributed by atoms with Gasteiger partial charge in [-0.3, -0.25) is 9.69 Å². The Hall–Kier alpha value is -1.55. The SMILES string of the molecule is CCN1C(=O)/C(=C/c2ccco2)S/C1=N/S(=O)(=O)c1ccc(Cl)s1. The molecule has 10 heteroatoms. The van der Waals surface area contributed by atoms with Crippen LogP contribution in [0.2, 0.25) is 4.34 Å². The van der Waals surface area contributed by atoms with Crippen LogP contribution in [0.3, 0.4) is 0 Å². The van der Waals surface area contributed by atoms with E-state index in [1.165, 1.54) is 23.3 Å². The number of thiophene rings is 1. The molecule has 0 radical (unpaired) electrons. The molecular formula is C14H11ClN2O4S3. The van der Waals surface area contributed by atoms with Crippen LogP contribution in [0.4, 0.5) is 0 Å². The van der Waals surface area contributed by atoms with Gasteiger partial charge in [0.2, 0.25) is 0 Å². The Kier molecular flexibility index (Phi) is 4.86. The van der Waals surface area contributed by atoms with E-state index in [9.17, 15) is 13.2 Å². The Morgan fingerprint density at radius 2 is 2.17 bits per heavy atom. The van der Waals surface area contributed by atoms with Crippen LogP contribution >= 0.6 is 34.7 Å². The molecule has 0 aliphatic carbocycles. The minimum atomic E-state index is -3.92. The van der Waals surface area contributed by atoms with Crippen molar-refractivity contribution in [3.63, 3.8) is 0 Å². The molecule has 0 N–H and O–H groups in total. The lowest BCUT2D eigenvalue weighted by molar-refractivity contribution is -0.122. The summed E-state index contributed by atoms with van der Waals surface area (Å²) < 4.78 is 34.1. The fraction of sp³-hybridized carbons (Fsp3) is 0.143. The normalized spacial score (nSPS) is 18.9. The number of nitrogens with zero attached hydrogens (tertiary/aromatic N) is 2. The predicted octanol–water partition coefficient (Wildman–Crippen LogP) is 3.68. The van der Waals surface area contributed by atoms with Gasteiger partial charge in [0.05, 0.1) is 15.5 Å². The van der Waals surface area contributed by atoms with Crippen molar-refractivity contribution < 1.29 is 17.6 Å². The van der Waals surface area contributed by atoms with Gasteiger partial charge in [0, 0.05) is 12.6 Å². The van der Waals surface area contributed by atoms with Crippen LogP contribution in [0, 0.1) is 0 Å². The maximum Gasteiger partial charge on any atom is 0.294 e. The van der Waals surface area contributed by atoms with Crippen LogP contribution in [-0.4, -0.2) is 30.9 Å². The van der Waals surface area contributed by atoms with E-state index in [-0.39, 0.29) is 15.3 Å². The topological polar surface area (TPSA) is 80.0 Å². The lowest BCUT2D eigenvalue weighted by Gasteiger charge is -2.11. The number of hydrogen-bond donors (Lipinski definition) is 0. The summed E-state index contributed by atoms with van der Waals surface area (Å²) in [6.07, 6.45) is 3.06. The molecule has 6 nitrogen and oxygen atoms in total. The second-order valence-electron chi connectivity index (χ2n) is 4.58. The van der Waals surface area contributed by atoms with E-state index < -0.39 is 10.0 Å². The summed E-state index contributed by atoms with van der Waals surface area (Å²) in [5.74, 6) is 0.202. The summed E-state index contributed by atoms with van der Waals surface area (Å²) in [6, 6.07) is 6.29. The van der Waals surface area contributed by atoms with Crippen LogP contribution in [0.5, 0.6) is 0 Å². The number of amides is 1. The minimum absolute atomic E-state index is 0.0348. The average molecular weight is 403 g/mol. The number of hydrogen-bond acceptors (Lipinski definition) is 6. The third-order valence-electron chi connectivity index (χ3n) is 3.02. The highest BCUT2D eigenvalue weighted by Crippen LogP contribution is 2.34. The molecule has 1 saturated heterocycles. The number of carbonyl (C=O) groups excluding carboxylic acids is 1. The third-order valence-corrected chi connectivity index (χ3v) is 7.11. The van der Waals surface area contributed by atoms with Gasteiger partial charge in [-0.15, -0.1) is 15.7 Å². The lowest BCUT2D eigenvalue weighted by Crippen LogP contribution is -2.29. The number of likely N-dealkylation sites (N-methyl/N-ethyl adjacent to an activating group) is 1. The van der Waals surface area contributed by atoms with Crippen molar-refractivity contribution >= 4 is 61.9 Å². The van der Waals surface area contributed by atoms with Crippen LogP contribution in [0.1, 0.15) is 12.7 Å². The molecule has 3 rings (SSSR count). The highest BCUT2D eigenvalue weighted by atomic mass is 35.5. The van der Waals surface area contributed by atoms with Gasteiger partial charge in [-0.25, -0.2) is 0 Å². The van der Waals surface area contributed by atoms with Gasteiger partial charge >= 0.3 is 0 Å². The van der Waals surface area contributed by atoms with E-state index in [1.807, 2.05) is 0 Å². The van der Waals surface area contributed by atoms with Crippen molar-refractivity contribution in [1.82, 2.24) is 4.90 Å². The van der Waals surface area contributed by atoms with E-state index in [1.54, 1.807) is 25.1 Å². The number of thioether (sulfide) groups is 1. The molecular weight excluding hydrogens is 392 g/mol. The predicted molar refractivity (Wildman–Crippen MR) is 95.6 cm³/mol. The number of rotatable bonds is 4. The molecule has 0 saturated carbocycles. The van der Waals surface area contributed by atoms with Gasteiger partial charge in [0.25, 0.3) is 15.9 Å². The van der Waals surface area contributed by atoms with Crippen LogP contribution in [0.15, 0.2) is 48.5 Å². The molecule has 1 amide bonds. The number of amidine groups is 1. The monoisotopic (exact) mass is 402 g/mol. The highest BCUT2D eigenvalue weighted by molar-refractivity contribution is 8.19. The molecule has 3 heterocycles. The largest absolute Gasteiger partial charge is 0.465 e. The van der Waals surface area contributed by atoms with Crippen molar-refractivity contribution in [3.05, 3.63) is 45.5 Å². The zero-order valence-corrected chi connectivity index (χ0v) is 15.5. The zero-order chi connectivity index (χ0) is 17.3. The van der Waals surface area contributed by atoms with Gasteiger partial charge in [-0.2, -0.15) is 8.42 Å². The van der Waals surface area contributed by atoms with Crippen molar-refractivity contribution in [1.29, 1.82) is 0 Å².